The first kappa shape index (κ1) is 9.35. The van der Waals surface area contributed by atoms with Gasteiger partial charge in [0.25, 0.3) is 0 Å². The largest absolute Gasteiger partial charge is 0.299 e. The molecule has 1 heteroatoms. The molecule has 1 heterocycles. The maximum atomic E-state index is 5.19. The second-order valence-corrected chi connectivity index (χ2v) is 3.44. The third kappa shape index (κ3) is 3.11. The van der Waals surface area contributed by atoms with Gasteiger partial charge in [0.2, 0.25) is 0 Å². The second kappa shape index (κ2) is 5.00. The van der Waals surface area contributed by atoms with E-state index < -0.39 is 0 Å². The van der Waals surface area contributed by atoms with Gasteiger partial charge in [-0.1, -0.05) is 12.2 Å². The minimum absolute atomic E-state index is 0.906. The Balaban J connectivity index is 2.15. The van der Waals surface area contributed by atoms with Crippen LogP contribution in [0.2, 0.25) is 0 Å². The molecular weight excluding hydrogens is 146 g/mol. The highest BCUT2D eigenvalue weighted by atomic mass is 15.1. The lowest BCUT2D eigenvalue weighted by Gasteiger charge is -2.27. The van der Waals surface area contributed by atoms with Gasteiger partial charge in [-0.3, -0.25) is 4.90 Å². The van der Waals surface area contributed by atoms with E-state index in [0.29, 0.717) is 0 Å². The summed E-state index contributed by atoms with van der Waals surface area (Å²) < 4.78 is 0. The number of rotatable bonds is 3. The number of likely N-dealkylation sites (tertiary alicyclic amines) is 1. The van der Waals surface area contributed by atoms with Crippen molar-refractivity contribution in [1.29, 1.82) is 0 Å². The quantitative estimate of drug-likeness (QED) is 0.350. The lowest BCUT2D eigenvalue weighted by molar-refractivity contribution is 0.264. The van der Waals surface area contributed by atoms with Crippen LogP contribution in [0.3, 0.4) is 0 Å². The summed E-state index contributed by atoms with van der Waals surface area (Å²) in [5, 5.41) is 0. The fourth-order valence-corrected chi connectivity index (χ4v) is 1.62. The van der Waals surface area contributed by atoms with Gasteiger partial charge in [0, 0.05) is 13.0 Å². The number of piperidine rings is 1. The number of terminal acetylenes is 1. The predicted octanol–water partition coefficient (Wildman–Crippen LogP) is 2.05. The fraction of sp³-hybridized carbons (Fsp3) is 0.636. The van der Waals surface area contributed by atoms with Gasteiger partial charge in [-0.25, -0.2) is 0 Å². The van der Waals surface area contributed by atoms with Crippen LogP contribution in [-0.2, 0) is 0 Å². The number of hydrogen-bond acceptors (Lipinski definition) is 1. The summed E-state index contributed by atoms with van der Waals surface area (Å²) in [6, 6.07) is 0. The average molecular weight is 163 g/mol. The van der Waals surface area contributed by atoms with Crippen molar-refractivity contribution in [2.24, 2.45) is 0 Å². The average Bonchev–Trinajstić information content (AvgIpc) is 2.05. The zero-order chi connectivity index (χ0) is 8.81. The first-order valence-electron chi connectivity index (χ1n) is 4.65. The van der Waals surface area contributed by atoms with Crippen LogP contribution in [0.5, 0.6) is 0 Å². The van der Waals surface area contributed by atoms with Crippen molar-refractivity contribution >= 4 is 0 Å². The fourth-order valence-electron chi connectivity index (χ4n) is 1.62. The van der Waals surface area contributed by atoms with Gasteiger partial charge in [0.05, 0.1) is 0 Å². The minimum Gasteiger partial charge on any atom is -0.299 e. The molecule has 0 bridgehead atoms. The Morgan fingerprint density at radius 2 is 2.42 bits per heavy atom. The normalized spacial score (nSPS) is 19.1. The molecule has 1 aliphatic heterocycles. The highest BCUT2D eigenvalue weighted by Crippen LogP contribution is 2.13. The first-order valence-corrected chi connectivity index (χ1v) is 4.65. The van der Waals surface area contributed by atoms with Gasteiger partial charge in [-0.05, 0) is 32.4 Å². The molecule has 1 nitrogen and oxygen atoms in total. The molecule has 0 aliphatic carbocycles. The molecule has 0 spiro atoms. The molecule has 0 aromatic rings. The molecule has 1 fully saturated rings. The van der Waals surface area contributed by atoms with Crippen molar-refractivity contribution in [3.63, 3.8) is 0 Å². The Kier molecular flexibility index (Phi) is 3.90. The summed E-state index contributed by atoms with van der Waals surface area (Å²) in [6.07, 6.45) is 9.71. The molecule has 1 saturated heterocycles. The van der Waals surface area contributed by atoms with Gasteiger partial charge >= 0.3 is 0 Å². The summed E-state index contributed by atoms with van der Waals surface area (Å²) in [5.41, 5.74) is 1.38. The van der Waals surface area contributed by atoms with Crippen LogP contribution in [0, 0.1) is 12.3 Å². The van der Waals surface area contributed by atoms with E-state index in [4.69, 9.17) is 6.42 Å². The topological polar surface area (TPSA) is 3.24 Å². The van der Waals surface area contributed by atoms with Gasteiger partial charge < -0.3 is 0 Å². The van der Waals surface area contributed by atoms with Gasteiger partial charge in [-0.15, -0.1) is 12.3 Å². The summed E-state index contributed by atoms with van der Waals surface area (Å²) in [6.45, 7) is 7.47. The van der Waals surface area contributed by atoms with Crippen molar-refractivity contribution in [1.82, 2.24) is 4.90 Å². The zero-order valence-electron chi connectivity index (χ0n) is 7.68. The second-order valence-electron chi connectivity index (χ2n) is 3.44. The maximum absolute atomic E-state index is 5.19. The lowest BCUT2D eigenvalue weighted by Crippen LogP contribution is -2.31. The molecule has 0 amide bonds. The summed E-state index contributed by atoms with van der Waals surface area (Å²) in [4.78, 5) is 2.45. The monoisotopic (exact) mass is 163 g/mol. The van der Waals surface area contributed by atoms with Crippen LogP contribution in [0.4, 0.5) is 0 Å². The number of unbranched alkanes of at least 4 members (excludes halogenated alkanes) is 1. The van der Waals surface area contributed by atoms with E-state index >= 15 is 0 Å². The molecule has 0 radical (unpaired) electrons. The third-order valence-electron chi connectivity index (χ3n) is 2.25. The molecule has 0 aromatic carbocycles. The van der Waals surface area contributed by atoms with Crippen molar-refractivity contribution < 1.29 is 0 Å². The lowest BCUT2D eigenvalue weighted by atomic mass is 10.1. The van der Waals surface area contributed by atoms with Crippen LogP contribution < -0.4 is 0 Å². The van der Waals surface area contributed by atoms with Gasteiger partial charge in [-0.2, -0.15) is 0 Å². The van der Waals surface area contributed by atoms with E-state index in [2.05, 4.69) is 17.4 Å². The van der Waals surface area contributed by atoms with E-state index in [1.165, 1.54) is 25.0 Å². The summed E-state index contributed by atoms with van der Waals surface area (Å²) >= 11 is 0. The van der Waals surface area contributed by atoms with E-state index in [0.717, 1.165) is 25.9 Å². The SMILES string of the molecule is C#CCCCN1CCCC(=C)C1. The maximum Gasteiger partial charge on any atom is 0.0190 e. The van der Waals surface area contributed by atoms with Crippen molar-refractivity contribution in [3.8, 4) is 12.3 Å². The van der Waals surface area contributed by atoms with Crippen LogP contribution >= 0.6 is 0 Å². The van der Waals surface area contributed by atoms with Crippen LogP contribution in [0.1, 0.15) is 25.7 Å². The van der Waals surface area contributed by atoms with E-state index in [1.807, 2.05) is 0 Å². The molecule has 66 valence electrons. The molecule has 0 unspecified atom stereocenters. The molecule has 0 atom stereocenters. The summed E-state index contributed by atoms with van der Waals surface area (Å²) in [7, 11) is 0. The van der Waals surface area contributed by atoms with E-state index in [9.17, 15) is 0 Å². The Morgan fingerprint density at radius 3 is 3.08 bits per heavy atom. The molecule has 1 aliphatic rings. The summed E-state index contributed by atoms with van der Waals surface area (Å²) in [5.74, 6) is 2.67. The molecule has 0 saturated carbocycles. The molecule has 1 rings (SSSR count). The Hall–Kier alpha value is -0.740. The van der Waals surface area contributed by atoms with Crippen LogP contribution in [0.15, 0.2) is 12.2 Å². The highest BCUT2D eigenvalue weighted by Gasteiger charge is 2.11. The molecule has 0 N–H and O–H groups in total. The smallest absolute Gasteiger partial charge is 0.0190 e. The third-order valence-corrected chi connectivity index (χ3v) is 2.25. The predicted molar refractivity (Wildman–Crippen MR) is 52.9 cm³/mol. The first-order chi connectivity index (χ1) is 5.83. The van der Waals surface area contributed by atoms with Gasteiger partial charge in [0.1, 0.15) is 0 Å². The molecular formula is C11H17N. The Morgan fingerprint density at radius 1 is 1.58 bits per heavy atom. The standard InChI is InChI=1S/C11H17N/c1-3-4-5-8-12-9-6-7-11(2)10-12/h1H,2,4-10H2. The van der Waals surface area contributed by atoms with Crippen LogP contribution in [-0.4, -0.2) is 24.5 Å². The van der Waals surface area contributed by atoms with E-state index in [1.54, 1.807) is 0 Å². The van der Waals surface area contributed by atoms with Crippen molar-refractivity contribution in [3.05, 3.63) is 12.2 Å². The molecule has 12 heavy (non-hydrogen) atoms. The highest BCUT2D eigenvalue weighted by molar-refractivity contribution is 5.00. The van der Waals surface area contributed by atoms with Crippen LogP contribution in [0.25, 0.3) is 0 Å². The Bertz CT molecular complexity index is 188. The zero-order valence-corrected chi connectivity index (χ0v) is 7.68. The van der Waals surface area contributed by atoms with E-state index in [-0.39, 0.29) is 0 Å². The minimum atomic E-state index is 0.906. The number of hydrogen-bond donors (Lipinski definition) is 0. The van der Waals surface area contributed by atoms with Crippen molar-refractivity contribution in [2.75, 3.05) is 19.6 Å². The Labute approximate surface area is 75.5 Å². The molecule has 0 aromatic heterocycles. The van der Waals surface area contributed by atoms with Crippen molar-refractivity contribution in [2.45, 2.75) is 25.7 Å². The van der Waals surface area contributed by atoms with Gasteiger partial charge in [0.15, 0.2) is 0 Å². The number of nitrogens with zero attached hydrogens (tertiary/aromatic N) is 1.